The molecular weight excluding hydrogens is 303 g/mol. The number of aromatic nitrogens is 3. The molecule has 1 aromatic carbocycles. The van der Waals surface area contributed by atoms with Gasteiger partial charge < -0.3 is 9.88 Å². The fourth-order valence-electron chi connectivity index (χ4n) is 1.37. The van der Waals surface area contributed by atoms with Gasteiger partial charge in [0.2, 0.25) is 0 Å². The van der Waals surface area contributed by atoms with E-state index in [2.05, 4.69) is 31.4 Å². The summed E-state index contributed by atoms with van der Waals surface area (Å²) >= 11 is 3.03. The second-order valence-corrected chi connectivity index (χ2v) is 4.52. The molecule has 5 nitrogen and oxygen atoms in total. The molecule has 0 atom stereocenters. The van der Waals surface area contributed by atoms with Gasteiger partial charge in [-0.05, 0) is 34.1 Å². The monoisotopic (exact) mass is 312 g/mol. The van der Waals surface area contributed by atoms with Crippen molar-refractivity contribution in [3.05, 3.63) is 46.2 Å². The standard InChI is InChI=1S/C11H10BrFN4O/c1-17-6-15-16-10(17)5-14-11(18)7-2-3-9(13)8(12)4-7/h2-4,6H,5H2,1H3,(H,14,18). The molecule has 0 unspecified atom stereocenters. The van der Waals surface area contributed by atoms with E-state index in [4.69, 9.17) is 0 Å². The predicted molar refractivity (Wildman–Crippen MR) is 66.3 cm³/mol. The molecule has 1 aromatic heterocycles. The van der Waals surface area contributed by atoms with Gasteiger partial charge in [-0.15, -0.1) is 10.2 Å². The van der Waals surface area contributed by atoms with Crippen LogP contribution in [0.4, 0.5) is 4.39 Å². The first-order chi connectivity index (χ1) is 8.58. The summed E-state index contributed by atoms with van der Waals surface area (Å²) in [5.74, 6) is -0.0527. The third-order valence-corrected chi connectivity index (χ3v) is 3.00. The van der Waals surface area contributed by atoms with Gasteiger partial charge in [0, 0.05) is 12.6 Å². The first-order valence-electron chi connectivity index (χ1n) is 5.14. The van der Waals surface area contributed by atoms with Crippen molar-refractivity contribution in [2.24, 2.45) is 7.05 Å². The maximum Gasteiger partial charge on any atom is 0.251 e. The zero-order valence-corrected chi connectivity index (χ0v) is 11.1. The molecule has 7 heteroatoms. The van der Waals surface area contributed by atoms with E-state index in [-0.39, 0.29) is 16.9 Å². The number of hydrogen-bond donors (Lipinski definition) is 1. The van der Waals surface area contributed by atoms with Gasteiger partial charge in [0.25, 0.3) is 5.91 Å². The van der Waals surface area contributed by atoms with Crippen LogP contribution in [0.2, 0.25) is 0 Å². The van der Waals surface area contributed by atoms with Gasteiger partial charge in [-0.3, -0.25) is 4.79 Å². The summed E-state index contributed by atoms with van der Waals surface area (Å²) in [5.41, 5.74) is 0.380. The average molecular weight is 313 g/mol. The quantitative estimate of drug-likeness (QED) is 0.937. The molecule has 0 bridgehead atoms. The minimum atomic E-state index is -0.403. The summed E-state index contributed by atoms with van der Waals surface area (Å²) in [5, 5.41) is 10.2. The van der Waals surface area contributed by atoms with E-state index in [9.17, 15) is 9.18 Å². The Hall–Kier alpha value is -1.76. The van der Waals surface area contributed by atoms with Crippen molar-refractivity contribution in [2.45, 2.75) is 6.54 Å². The smallest absolute Gasteiger partial charge is 0.251 e. The Balaban J connectivity index is 2.04. The molecule has 94 valence electrons. The fourth-order valence-corrected chi connectivity index (χ4v) is 1.74. The third-order valence-electron chi connectivity index (χ3n) is 2.39. The molecule has 0 fully saturated rings. The summed E-state index contributed by atoms with van der Waals surface area (Å²) in [6.07, 6.45) is 1.55. The highest BCUT2D eigenvalue weighted by molar-refractivity contribution is 9.10. The van der Waals surface area contributed by atoms with Gasteiger partial charge in [-0.2, -0.15) is 0 Å². The zero-order chi connectivity index (χ0) is 13.1. The van der Waals surface area contributed by atoms with Crippen molar-refractivity contribution in [2.75, 3.05) is 0 Å². The molecule has 0 aliphatic rings. The Bertz CT molecular complexity index is 584. The lowest BCUT2D eigenvalue weighted by Gasteiger charge is -2.05. The molecular formula is C11H10BrFN4O. The Morgan fingerprint density at radius 2 is 2.33 bits per heavy atom. The van der Waals surface area contributed by atoms with Crippen molar-refractivity contribution in [3.8, 4) is 0 Å². The van der Waals surface area contributed by atoms with Crippen LogP contribution in [0, 0.1) is 5.82 Å². The van der Waals surface area contributed by atoms with Crippen LogP contribution in [-0.4, -0.2) is 20.7 Å². The third kappa shape index (κ3) is 2.73. The Kier molecular flexibility index (Phi) is 3.71. The Labute approximate surface area is 111 Å². The van der Waals surface area contributed by atoms with Crippen LogP contribution in [0.5, 0.6) is 0 Å². The second kappa shape index (κ2) is 5.26. The average Bonchev–Trinajstić information content (AvgIpc) is 2.75. The van der Waals surface area contributed by atoms with Gasteiger partial charge >= 0.3 is 0 Å². The minimum absolute atomic E-state index is 0.258. The number of halogens is 2. The van der Waals surface area contributed by atoms with Crippen LogP contribution >= 0.6 is 15.9 Å². The van der Waals surface area contributed by atoms with E-state index in [1.165, 1.54) is 18.2 Å². The lowest BCUT2D eigenvalue weighted by molar-refractivity contribution is 0.0949. The number of benzene rings is 1. The Morgan fingerprint density at radius 1 is 1.56 bits per heavy atom. The number of aryl methyl sites for hydroxylation is 1. The van der Waals surface area contributed by atoms with Crippen molar-refractivity contribution in [1.29, 1.82) is 0 Å². The van der Waals surface area contributed by atoms with Gasteiger partial charge in [0.1, 0.15) is 12.1 Å². The maximum absolute atomic E-state index is 13.0. The molecule has 0 aliphatic heterocycles. The summed E-state index contributed by atoms with van der Waals surface area (Å²) < 4.78 is 15.0. The van der Waals surface area contributed by atoms with Gasteiger partial charge in [0.05, 0.1) is 11.0 Å². The Morgan fingerprint density at radius 3 is 2.94 bits per heavy atom. The second-order valence-electron chi connectivity index (χ2n) is 3.67. The zero-order valence-electron chi connectivity index (χ0n) is 9.52. The largest absolute Gasteiger partial charge is 0.345 e. The van der Waals surface area contributed by atoms with Crippen LogP contribution in [0.15, 0.2) is 29.0 Å². The first-order valence-corrected chi connectivity index (χ1v) is 5.93. The van der Waals surface area contributed by atoms with Crippen LogP contribution in [0.1, 0.15) is 16.2 Å². The lowest BCUT2D eigenvalue weighted by Crippen LogP contribution is -2.24. The van der Waals surface area contributed by atoms with Gasteiger partial charge in [0.15, 0.2) is 5.82 Å². The van der Waals surface area contributed by atoms with E-state index in [1.807, 2.05) is 0 Å². The van der Waals surface area contributed by atoms with E-state index in [0.29, 0.717) is 11.4 Å². The maximum atomic E-state index is 13.0. The van der Waals surface area contributed by atoms with E-state index in [0.717, 1.165) is 0 Å². The van der Waals surface area contributed by atoms with Gasteiger partial charge in [-0.1, -0.05) is 0 Å². The molecule has 0 saturated heterocycles. The van der Waals surface area contributed by atoms with E-state index >= 15 is 0 Å². The molecule has 18 heavy (non-hydrogen) atoms. The summed E-state index contributed by atoms with van der Waals surface area (Å²) in [6.45, 7) is 0.268. The SMILES string of the molecule is Cn1cnnc1CNC(=O)c1ccc(F)c(Br)c1. The van der Waals surface area contributed by atoms with Crippen LogP contribution in [0.3, 0.4) is 0 Å². The molecule has 2 aromatic rings. The molecule has 1 amide bonds. The molecule has 1 heterocycles. The molecule has 0 saturated carbocycles. The van der Waals surface area contributed by atoms with Crippen molar-refractivity contribution >= 4 is 21.8 Å². The number of nitrogens with zero attached hydrogens (tertiary/aromatic N) is 3. The highest BCUT2D eigenvalue weighted by Crippen LogP contribution is 2.16. The molecule has 0 radical (unpaired) electrons. The highest BCUT2D eigenvalue weighted by Gasteiger charge is 2.09. The lowest BCUT2D eigenvalue weighted by atomic mass is 10.2. The predicted octanol–water partition coefficient (Wildman–Crippen LogP) is 1.65. The fraction of sp³-hybridized carbons (Fsp3) is 0.182. The van der Waals surface area contributed by atoms with E-state index in [1.54, 1.807) is 17.9 Å². The number of rotatable bonds is 3. The highest BCUT2D eigenvalue weighted by atomic mass is 79.9. The van der Waals surface area contributed by atoms with Crippen LogP contribution < -0.4 is 5.32 Å². The van der Waals surface area contributed by atoms with Crippen molar-refractivity contribution in [1.82, 2.24) is 20.1 Å². The number of nitrogens with one attached hydrogen (secondary N) is 1. The molecule has 1 N–H and O–H groups in total. The number of carbonyl (C=O) groups is 1. The first kappa shape index (κ1) is 12.7. The molecule has 0 aliphatic carbocycles. The van der Waals surface area contributed by atoms with Crippen LogP contribution in [0.25, 0.3) is 0 Å². The summed E-state index contributed by atoms with van der Waals surface area (Å²) in [6, 6.07) is 4.09. The van der Waals surface area contributed by atoms with Gasteiger partial charge in [-0.25, -0.2) is 4.39 Å². The van der Waals surface area contributed by atoms with Crippen LogP contribution in [-0.2, 0) is 13.6 Å². The van der Waals surface area contributed by atoms with Crippen molar-refractivity contribution < 1.29 is 9.18 Å². The van der Waals surface area contributed by atoms with E-state index < -0.39 is 5.82 Å². The molecule has 2 rings (SSSR count). The summed E-state index contributed by atoms with van der Waals surface area (Å²) in [7, 11) is 1.79. The molecule has 0 spiro atoms. The summed E-state index contributed by atoms with van der Waals surface area (Å²) in [4.78, 5) is 11.8. The number of carbonyl (C=O) groups excluding carboxylic acids is 1. The number of amides is 1. The normalized spacial score (nSPS) is 10.4. The topological polar surface area (TPSA) is 59.8 Å². The number of hydrogen-bond acceptors (Lipinski definition) is 3. The van der Waals surface area contributed by atoms with Crippen molar-refractivity contribution in [3.63, 3.8) is 0 Å². The minimum Gasteiger partial charge on any atom is -0.345 e.